The van der Waals surface area contributed by atoms with E-state index in [2.05, 4.69) is 5.32 Å². The predicted molar refractivity (Wildman–Crippen MR) is 109 cm³/mol. The Hall–Kier alpha value is -4.03. The third-order valence-corrected chi connectivity index (χ3v) is 5.11. The number of amides is 1. The Balaban J connectivity index is 2.33. The van der Waals surface area contributed by atoms with Gasteiger partial charge in [0.25, 0.3) is 17.2 Å². The molecule has 29 heavy (non-hydrogen) atoms. The highest BCUT2D eigenvalue weighted by molar-refractivity contribution is 7.07. The van der Waals surface area contributed by atoms with Crippen LogP contribution in [-0.4, -0.2) is 22.4 Å². The van der Waals surface area contributed by atoms with Gasteiger partial charge >= 0.3 is 0 Å². The van der Waals surface area contributed by atoms with Crippen LogP contribution in [0, 0.1) is 21.4 Å². The summed E-state index contributed by atoms with van der Waals surface area (Å²) in [5.74, 6) is -0.597. The molecule has 1 aromatic heterocycles. The molecule has 0 saturated heterocycles. The smallest absolute Gasteiger partial charge is 0.273 e. The van der Waals surface area contributed by atoms with E-state index in [1.807, 2.05) is 6.07 Å². The van der Waals surface area contributed by atoms with E-state index in [-0.39, 0.29) is 20.5 Å². The number of nitriles is 1. The molecule has 3 aromatic rings. The van der Waals surface area contributed by atoms with Crippen LogP contribution in [0.4, 0.5) is 5.69 Å². The maximum Gasteiger partial charge on any atom is 0.273 e. The fourth-order valence-electron chi connectivity index (χ4n) is 2.63. The van der Waals surface area contributed by atoms with Gasteiger partial charge in [-0.05, 0) is 35.9 Å². The monoisotopic (exact) mass is 406 g/mol. The highest BCUT2D eigenvalue weighted by atomic mass is 32.1. The van der Waals surface area contributed by atoms with Gasteiger partial charge in [0.05, 0.1) is 15.1 Å². The van der Waals surface area contributed by atoms with Gasteiger partial charge in [0.15, 0.2) is 5.57 Å². The number of nitro benzene ring substituents is 1. The zero-order chi connectivity index (χ0) is 21.0. The molecule has 0 spiro atoms. The van der Waals surface area contributed by atoms with Crippen LogP contribution in [0.1, 0.15) is 5.56 Å². The Kier molecular flexibility index (Phi) is 5.66. The second-order valence-corrected chi connectivity index (χ2v) is 6.84. The lowest BCUT2D eigenvalue weighted by atomic mass is 10.2. The van der Waals surface area contributed by atoms with Gasteiger partial charge in [-0.3, -0.25) is 24.3 Å². The molecule has 9 heteroatoms. The first kappa shape index (κ1) is 19.7. The van der Waals surface area contributed by atoms with Crippen molar-refractivity contribution in [2.45, 2.75) is 0 Å². The van der Waals surface area contributed by atoms with Crippen molar-refractivity contribution in [1.29, 1.82) is 5.26 Å². The molecule has 144 valence electrons. The van der Waals surface area contributed by atoms with Crippen LogP contribution in [0.3, 0.4) is 0 Å². The summed E-state index contributed by atoms with van der Waals surface area (Å²) in [5, 5.41) is 22.7. The average molecular weight is 406 g/mol. The number of carbonyl (C=O) groups excluding carboxylic acids is 1. The molecule has 0 unspecified atom stereocenters. The molecule has 0 aliphatic rings. The molecule has 8 nitrogen and oxygen atoms in total. The van der Waals surface area contributed by atoms with E-state index in [1.165, 1.54) is 35.9 Å². The minimum Gasteiger partial charge on any atom is -0.354 e. The van der Waals surface area contributed by atoms with E-state index in [9.17, 15) is 25.0 Å². The number of aromatic nitrogens is 1. The van der Waals surface area contributed by atoms with Gasteiger partial charge in [-0.15, -0.1) is 11.3 Å². The van der Waals surface area contributed by atoms with Gasteiger partial charge < -0.3 is 5.32 Å². The quantitative estimate of drug-likeness (QED) is 0.513. The van der Waals surface area contributed by atoms with Crippen molar-refractivity contribution in [3.05, 3.63) is 89.8 Å². The van der Waals surface area contributed by atoms with Crippen molar-refractivity contribution in [1.82, 2.24) is 9.88 Å². The normalized spacial score (nSPS) is 12.2. The molecule has 1 amide bonds. The molecule has 0 atom stereocenters. The number of benzene rings is 2. The first-order valence-electron chi connectivity index (χ1n) is 8.36. The van der Waals surface area contributed by atoms with Crippen molar-refractivity contribution in [2.24, 2.45) is 0 Å². The lowest BCUT2D eigenvalue weighted by Gasteiger charge is -2.02. The summed E-state index contributed by atoms with van der Waals surface area (Å²) in [4.78, 5) is 35.5. The van der Waals surface area contributed by atoms with Crippen LogP contribution < -0.4 is 20.1 Å². The molecule has 0 aliphatic carbocycles. The maximum atomic E-state index is 13.1. The van der Waals surface area contributed by atoms with Crippen molar-refractivity contribution >= 4 is 34.6 Å². The van der Waals surface area contributed by atoms with Crippen LogP contribution in [0.5, 0.6) is 0 Å². The molecule has 0 bridgehead atoms. The fraction of sp³-hybridized carbons (Fsp3) is 0.0500. The third-order valence-electron chi connectivity index (χ3n) is 4.02. The van der Waals surface area contributed by atoms with Gasteiger partial charge in [0, 0.05) is 19.2 Å². The third kappa shape index (κ3) is 3.97. The minimum absolute atomic E-state index is 0.0598. The summed E-state index contributed by atoms with van der Waals surface area (Å²) >= 11 is 1.00. The molecule has 1 N–H and O–H groups in total. The summed E-state index contributed by atoms with van der Waals surface area (Å²) in [6.45, 7) is 0. The fourth-order valence-corrected chi connectivity index (χ4v) is 3.73. The van der Waals surface area contributed by atoms with Crippen molar-refractivity contribution in [3.63, 3.8) is 0 Å². The van der Waals surface area contributed by atoms with E-state index < -0.39 is 16.4 Å². The molecule has 0 aliphatic heterocycles. The highest BCUT2D eigenvalue weighted by Crippen LogP contribution is 2.12. The molecule has 0 fully saturated rings. The van der Waals surface area contributed by atoms with E-state index in [4.69, 9.17) is 0 Å². The topological polar surface area (TPSA) is 118 Å². The summed E-state index contributed by atoms with van der Waals surface area (Å²) in [6.07, 6.45) is 1.57. The number of nitro groups is 1. The van der Waals surface area contributed by atoms with Crippen LogP contribution >= 0.6 is 11.3 Å². The Bertz CT molecular complexity index is 1300. The summed E-state index contributed by atoms with van der Waals surface area (Å²) in [7, 11) is 1.40. The van der Waals surface area contributed by atoms with E-state index in [0.29, 0.717) is 11.3 Å². The summed E-state index contributed by atoms with van der Waals surface area (Å²) < 4.78 is 1.81. The van der Waals surface area contributed by atoms with Crippen molar-refractivity contribution in [3.8, 4) is 11.8 Å². The molecule has 0 saturated carbocycles. The van der Waals surface area contributed by atoms with E-state index >= 15 is 0 Å². The number of para-hydroxylation sites is 1. The zero-order valence-electron chi connectivity index (χ0n) is 15.2. The number of carbonyl (C=O) groups is 1. The number of hydrogen-bond donors (Lipinski definition) is 1. The SMILES string of the molecule is CNC(=O)C(C#N)=c1sc(=Cc2ccc([N+](=O)[O-])cc2)c(=O)n1-c1ccccc1. The van der Waals surface area contributed by atoms with Gasteiger partial charge in [0.1, 0.15) is 10.7 Å². The lowest BCUT2D eigenvalue weighted by molar-refractivity contribution is -0.384. The number of thiazole rings is 1. The van der Waals surface area contributed by atoms with E-state index in [0.717, 1.165) is 11.3 Å². The van der Waals surface area contributed by atoms with Gasteiger partial charge in [-0.1, -0.05) is 18.2 Å². The number of nitrogens with one attached hydrogen (secondary N) is 1. The average Bonchev–Trinajstić information content (AvgIpc) is 3.05. The van der Waals surface area contributed by atoms with Gasteiger partial charge in [-0.2, -0.15) is 5.26 Å². The Morgan fingerprint density at radius 1 is 1.21 bits per heavy atom. The summed E-state index contributed by atoms with van der Waals surface area (Å²) in [6, 6.07) is 16.3. The standard InChI is InChI=1S/C20H14N4O4S/c1-22-18(25)16(12-21)20-23(14-5-3-2-4-6-14)19(26)17(29-20)11-13-7-9-15(10-8-13)24(27)28/h2-11H,1H3,(H,22,25). The number of rotatable bonds is 4. The van der Waals surface area contributed by atoms with Crippen molar-refractivity contribution < 1.29 is 9.72 Å². The van der Waals surface area contributed by atoms with Crippen molar-refractivity contribution in [2.75, 3.05) is 7.05 Å². The van der Waals surface area contributed by atoms with E-state index in [1.54, 1.807) is 36.4 Å². The molecule has 2 aromatic carbocycles. The first-order chi connectivity index (χ1) is 14.0. The highest BCUT2D eigenvalue weighted by Gasteiger charge is 2.15. The van der Waals surface area contributed by atoms with Crippen LogP contribution in [0.2, 0.25) is 0 Å². The predicted octanol–water partition coefficient (Wildman–Crippen LogP) is 1.06. The molecule has 3 rings (SSSR count). The Morgan fingerprint density at radius 2 is 1.86 bits per heavy atom. The van der Waals surface area contributed by atoms with Crippen LogP contribution in [-0.2, 0) is 4.79 Å². The number of nitrogens with zero attached hydrogens (tertiary/aromatic N) is 3. The minimum atomic E-state index is -0.597. The lowest BCUT2D eigenvalue weighted by Crippen LogP contribution is -2.33. The second-order valence-electron chi connectivity index (χ2n) is 5.81. The largest absolute Gasteiger partial charge is 0.354 e. The zero-order valence-corrected chi connectivity index (χ0v) is 16.0. The number of hydrogen-bond acceptors (Lipinski definition) is 6. The van der Waals surface area contributed by atoms with Gasteiger partial charge in [0.2, 0.25) is 0 Å². The molecular formula is C20H14N4O4S. The second kappa shape index (κ2) is 8.33. The molecule has 0 radical (unpaired) electrons. The first-order valence-corrected chi connectivity index (χ1v) is 9.18. The Labute approximate surface area is 168 Å². The van der Waals surface area contributed by atoms with Crippen LogP contribution in [0.15, 0.2) is 59.4 Å². The molecule has 1 heterocycles. The molecular weight excluding hydrogens is 392 g/mol. The van der Waals surface area contributed by atoms with Crippen LogP contribution in [0.25, 0.3) is 17.3 Å². The maximum absolute atomic E-state index is 13.1. The summed E-state index contributed by atoms with van der Waals surface area (Å²) in [5.41, 5.74) is 0.464. The number of non-ortho nitro benzene ring substituents is 1. The Morgan fingerprint density at radius 3 is 2.41 bits per heavy atom. The van der Waals surface area contributed by atoms with Gasteiger partial charge in [-0.25, -0.2) is 0 Å².